The lowest BCUT2D eigenvalue weighted by Gasteiger charge is -2.33. The molecule has 1 fully saturated rings. The number of hydrogen-bond acceptors (Lipinski definition) is 5. The quantitative estimate of drug-likeness (QED) is 0.853. The summed E-state index contributed by atoms with van der Waals surface area (Å²) in [5, 5.41) is 0. The van der Waals surface area contributed by atoms with E-state index in [2.05, 4.69) is 19.9 Å². The molecule has 2 aromatic heterocycles. The van der Waals surface area contributed by atoms with Gasteiger partial charge in [-0.1, -0.05) is 0 Å². The highest BCUT2D eigenvalue weighted by Gasteiger charge is 2.26. The van der Waals surface area contributed by atoms with Crippen LogP contribution in [0.5, 0.6) is 0 Å². The molecule has 0 aromatic carbocycles. The van der Waals surface area contributed by atoms with Crippen LogP contribution in [0.4, 0.5) is 10.2 Å². The van der Waals surface area contributed by atoms with Crippen molar-refractivity contribution in [1.82, 2.24) is 19.9 Å². The minimum atomic E-state index is -0.315. The smallest absolute Gasteiger partial charge is 0.186 e. The SMILES string of the molecule is Cc1nccc([C@@H]2CCCN(c3nc(C)nc(C)c3F)C2)n1. The first kappa shape index (κ1) is 14.8. The molecule has 1 atom stereocenters. The lowest BCUT2D eigenvalue weighted by molar-refractivity contribution is 0.485. The average Bonchev–Trinajstić information content (AvgIpc) is 2.51. The minimum absolute atomic E-state index is 0.283. The molecule has 0 amide bonds. The zero-order valence-electron chi connectivity index (χ0n) is 13.2. The number of anilines is 1. The lowest BCUT2D eigenvalue weighted by atomic mass is 9.94. The number of aromatic nitrogens is 4. The monoisotopic (exact) mass is 301 g/mol. The van der Waals surface area contributed by atoms with E-state index >= 15 is 0 Å². The van der Waals surface area contributed by atoms with Crippen LogP contribution in [0.15, 0.2) is 12.3 Å². The fourth-order valence-electron chi connectivity index (χ4n) is 3.00. The van der Waals surface area contributed by atoms with Crippen LogP contribution in [-0.4, -0.2) is 33.0 Å². The van der Waals surface area contributed by atoms with Crippen LogP contribution in [0.25, 0.3) is 0 Å². The molecule has 3 rings (SSSR count). The van der Waals surface area contributed by atoms with Crippen molar-refractivity contribution in [3.63, 3.8) is 0 Å². The van der Waals surface area contributed by atoms with Crippen molar-refractivity contribution >= 4 is 5.82 Å². The third-order valence-electron chi connectivity index (χ3n) is 4.05. The Morgan fingerprint density at radius 2 is 1.95 bits per heavy atom. The van der Waals surface area contributed by atoms with E-state index in [1.54, 1.807) is 20.0 Å². The maximum atomic E-state index is 14.4. The third-order valence-corrected chi connectivity index (χ3v) is 4.05. The van der Waals surface area contributed by atoms with E-state index in [1.807, 2.05) is 17.9 Å². The first-order valence-corrected chi connectivity index (χ1v) is 7.60. The summed E-state index contributed by atoms with van der Waals surface area (Å²) in [6.45, 7) is 6.91. The largest absolute Gasteiger partial charge is 0.353 e. The second-order valence-electron chi connectivity index (χ2n) is 5.81. The molecule has 0 saturated carbocycles. The zero-order valence-corrected chi connectivity index (χ0v) is 13.2. The molecule has 0 spiro atoms. The van der Waals surface area contributed by atoms with Crippen molar-refractivity contribution < 1.29 is 4.39 Å². The summed E-state index contributed by atoms with van der Waals surface area (Å²) in [7, 11) is 0. The van der Waals surface area contributed by atoms with Gasteiger partial charge in [0.25, 0.3) is 0 Å². The van der Waals surface area contributed by atoms with Gasteiger partial charge >= 0.3 is 0 Å². The number of hydrogen-bond donors (Lipinski definition) is 0. The topological polar surface area (TPSA) is 54.8 Å². The van der Waals surface area contributed by atoms with Gasteiger partial charge in [0.1, 0.15) is 11.6 Å². The first-order chi connectivity index (χ1) is 10.5. The second-order valence-corrected chi connectivity index (χ2v) is 5.81. The fraction of sp³-hybridized carbons (Fsp3) is 0.500. The van der Waals surface area contributed by atoms with Crippen molar-refractivity contribution in [2.24, 2.45) is 0 Å². The van der Waals surface area contributed by atoms with Crippen LogP contribution < -0.4 is 4.90 Å². The lowest BCUT2D eigenvalue weighted by Crippen LogP contribution is -2.36. The van der Waals surface area contributed by atoms with Crippen molar-refractivity contribution in [1.29, 1.82) is 0 Å². The van der Waals surface area contributed by atoms with Crippen LogP contribution in [0, 0.1) is 26.6 Å². The third kappa shape index (κ3) is 2.91. The van der Waals surface area contributed by atoms with Crippen molar-refractivity contribution in [3.05, 3.63) is 41.1 Å². The van der Waals surface area contributed by atoms with Crippen molar-refractivity contribution in [3.8, 4) is 0 Å². The highest BCUT2D eigenvalue weighted by molar-refractivity contribution is 5.43. The van der Waals surface area contributed by atoms with E-state index in [-0.39, 0.29) is 11.7 Å². The van der Waals surface area contributed by atoms with Gasteiger partial charge in [-0.25, -0.2) is 24.3 Å². The molecule has 0 radical (unpaired) electrons. The molecule has 0 unspecified atom stereocenters. The summed E-state index contributed by atoms with van der Waals surface area (Å²) in [4.78, 5) is 19.1. The summed E-state index contributed by atoms with van der Waals surface area (Å²) in [5.41, 5.74) is 1.43. The molecule has 22 heavy (non-hydrogen) atoms. The Morgan fingerprint density at radius 1 is 1.14 bits per heavy atom. The van der Waals surface area contributed by atoms with Crippen LogP contribution in [-0.2, 0) is 0 Å². The highest BCUT2D eigenvalue weighted by atomic mass is 19.1. The average molecular weight is 301 g/mol. The molecule has 3 heterocycles. The van der Waals surface area contributed by atoms with E-state index in [0.717, 1.165) is 37.4 Å². The Balaban J connectivity index is 1.87. The molecule has 1 saturated heterocycles. The van der Waals surface area contributed by atoms with Gasteiger partial charge in [-0.3, -0.25) is 0 Å². The van der Waals surface area contributed by atoms with Gasteiger partial charge < -0.3 is 4.90 Å². The van der Waals surface area contributed by atoms with E-state index in [4.69, 9.17) is 0 Å². The molecule has 0 aliphatic carbocycles. The first-order valence-electron chi connectivity index (χ1n) is 7.60. The molecule has 1 aliphatic rings. The summed E-state index contributed by atoms with van der Waals surface area (Å²) >= 11 is 0. The Kier molecular flexibility index (Phi) is 4.00. The van der Waals surface area contributed by atoms with Crippen LogP contribution in [0.2, 0.25) is 0 Å². The molecular weight excluding hydrogens is 281 g/mol. The zero-order chi connectivity index (χ0) is 15.7. The summed E-state index contributed by atoms with van der Waals surface area (Å²) < 4.78 is 14.4. The number of rotatable bonds is 2. The summed E-state index contributed by atoms with van der Waals surface area (Å²) in [6, 6.07) is 1.95. The summed E-state index contributed by atoms with van der Waals surface area (Å²) in [5.74, 6) is 1.76. The molecule has 6 heteroatoms. The van der Waals surface area contributed by atoms with Crippen LogP contribution >= 0.6 is 0 Å². The summed E-state index contributed by atoms with van der Waals surface area (Å²) in [6.07, 6.45) is 3.84. The maximum absolute atomic E-state index is 14.4. The molecule has 116 valence electrons. The molecule has 5 nitrogen and oxygen atoms in total. The predicted molar refractivity (Wildman–Crippen MR) is 82.4 cm³/mol. The Morgan fingerprint density at radius 3 is 2.73 bits per heavy atom. The normalized spacial score (nSPS) is 18.5. The number of halogens is 1. The molecule has 2 aromatic rings. The van der Waals surface area contributed by atoms with E-state index < -0.39 is 0 Å². The van der Waals surface area contributed by atoms with Gasteiger partial charge in [0, 0.05) is 30.9 Å². The van der Waals surface area contributed by atoms with Gasteiger partial charge in [-0.05, 0) is 39.7 Å². The predicted octanol–water partition coefficient (Wildman–Crippen LogP) is 2.71. The molecular formula is C16H20FN5. The molecule has 1 aliphatic heterocycles. The highest BCUT2D eigenvalue weighted by Crippen LogP contribution is 2.29. The minimum Gasteiger partial charge on any atom is -0.353 e. The molecule has 0 bridgehead atoms. The molecule has 0 N–H and O–H groups in total. The van der Waals surface area contributed by atoms with Crippen LogP contribution in [0.1, 0.15) is 41.8 Å². The number of piperidine rings is 1. The Bertz CT molecular complexity index is 688. The number of nitrogens with zero attached hydrogens (tertiary/aromatic N) is 5. The van der Waals surface area contributed by atoms with E-state index in [9.17, 15) is 4.39 Å². The van der Waals surface area contributed by atoms with E-state index in [1.165, 1.54) is 0 Å². The standard InChI is InChI=1S/C16H20FN5/c1-10-15(17)16(21-12(3)19-10)22-8-4-5-13(9-22)14-6-7-18-11(2)20-14/h6-7,13H,4-5,8-9H2,1-3H3/t13-/m1/s1. The van der Waals surface area contributed by atoms with Crippen molar-refractivity contribution in [2.75, 3.05) is 18.0 Å². The Labute approximate surface area is 129 Å². The Hall–Kier alpha value is -2.11. The van der Waals surface area contributed by atoms with Gasteiger partial charge in [-0.15, -0.1) is 0 Å². The second kappa shape index (κ2) is 5.94. The maximum Gasteiger partial charge on any atom is 0.186 e. The fourth-order valence-corrected chi connectivity index (χ4v) is 3.00. The number of aryl methyl sites for hydroxylation is 3. The van der Waals surface area contributed by atoms with Gasteiger partial charge in [0.15, 0.2) is 11.6 Å². The van der Waals surface area contributed by atoms with Crippen molar-refractivity contribution in [2.45, 2.75) is 39.5 Å². The van der Waals surface area contributed by atoms with Gasteiger partial charge in [0.2, 0.25) is 0 Å². The van der Waals surface area contributed by atoms with E-state index in [0.29, 0.717) is 17.3 Å². The van der Waals surface area contributed by atoms with Gasteiger partial charge in [0.05, 0.1) is 5.69 Å². The van der Waals surface area contributed by atoms with Gasteiger partial charge in [-0.2, -0.15) is 0 Å². The van der Waals surface area contributed by atoms with Crippen LogP contribution in [0.3, 0.4) is 0 Å².